The highest BCUT2D eigenvalue weighted by Crippen LogP contribution is 2.51. The van der Waals surface area contributed by atoms with E-state index in [0.717, 1.165) is 43.8 Å². The van der Waals surface area contributed by atoms with Crippen LogP contribution in [0.1, 0.15) is 101 Å². The lowest BCUT2D eigenvalue weighted by Crippen LogP contribution is -2.62. The molecule has 0 aliphatic carbocycles. The number of aryl methyl sites for hydroxylation is 3. The van der Waals surface area contributed by atoms with Crippen LogP contribution in [0.3, 0.4) is 0 Å². The Balaban J connectivity index is 1.29. The SMILES string of the molecule is Cc1cc(-c2cccc3c2oc2ccccc23)cc(C)c1N1c2cc(Cl)ccc2B2c3cc(C(C)(C)C)cc(C)c3N(c3ccc(C(C)(C)C)cc3)c3c(C)c(C(C)(C)C)cc1c32. The average Bonchev–Trinajstić information content (AvgIpc) is 3.60. The first-order valence-electron chi connectivity index (χ1n) is 22.6. The summed E-state index contributed by atoms with van der Waals surface area (Å²) in [5.74, 6) is 0. The third kappa shape index (κ3) is 6.46. The Morgan fingerprint density at radius 1 is 0.524 bits per heavy atom. The summed E-state index contributed by atoms with van der Waals surface area (Å²) >= 11 is 7.11. The van der Waals surface area contributed by atoms with E-state index in [4.69, 9.17) is 16.0 Å². The van der Waals surface area contributed by atoms with E-state index in [-0.39, 0.29) is 23.0 Å². The molecule has 5 heteroatoms. The molecule has 0 spiro atoms. The molecule has 7 aromatic carbocycles. The highest BCUT2D eigenvalue weighted by Gasteiger charge is 2.46. The summed E-state index contributed by atoms with van der Waals surface area (Å²) in [6.45, 7) is 30.1. The first-order chi connectivity index (χ1) is 29.7. The molecule has 0 saturated heterocycles. The minimum Gasteiger partial charge on any atom is -0.455 e. The summed E-state index contributed by atoms with van der Waals surface area (Å²) in [7, 11) is 0. The molecular weight excluding hydrogens is 787 g/mol. The van der Waals surface area contributed by atoms with Crippen LogP contribution < -0.4 is 26.2 Å². The van der Waals surface area contributed by atoms with Gasteiger partial charge in [0.2, 0.25) is 0 Å². The number of anilines is 6. The zero-order chi connectivity index (χ0) is 44.7. The molecule has 0 N–H and O–H groups in total. The van der Waals surface area contributed by atoms with Gasteiger partial charge in [-0.15, -0.1) is 0 Å². The largest absolute Gasteiger partial charge is 0.455 e. The molecule has 0 atom stereocenters. The highest BCUT2D eigenvalue weighted by atomic mass is 35.5. The molecule has 0 saturated carbocycles. The van der Waals surface area contributed by atoms with E-state index in [0.29, 0.717) is 0 Å². The third-order valence-corrected chi connectivity index (χ3v) is 14.1. The van der Waals surface area contributed by atoms with Crippen LogP contribution in [-0.4, -0.2) is 6.71 Å². The maximum atomic E-state index is 7.11. The van der Waals surface area contributed by atoms with Crippen LogP contribution in [0, 0.1) is 27.7 Å². The number of fused-ring (bicyclic) bond motifs is 7. The Labute approximate surface area is 379 Å². The molecule has 0 unspecified atom stereocenters. The number of furan rings is 1. The molecule has 63 heavy (non-hydrogen) atoms. The second kappa shape index (κ2) is 14.1. The van der Waals surface area contributed by atoms with Gasteiger partial charge in [0.05, 0.1) is 5.69 Å². The first-order valence-corrected chi connectivity index (χ1v) is 23.0. The van der Waals surface area contributed by atoms with Crippen molar-refractivity contribution in [1.82, 2.24) is 0 Å². The summed E-state index contributed by atoms with van der Waals surface area (Å²) in [4.78, 5) is 5.16. The second-order valence-electron chi connectivity index (χ2n) is 21.4. The minimum atomic E-state index is -0.141. The normalized spacial score (nSPS) is 13.8. The fourth-order valence-electron chi connectivity index (χ4n) is 10.8. The lowest BCUT2D eigenvalue weighted by molar-refractivity contribution is 0.586. The Kier molecular flexibility index (Phi) is 9.28. The van der Waals surface area contributed by atoms with Crippen molar-refractivity contribution >= 4 is 90.8 Å². The van der Waals surface area contributed by atoms with Crippen LogP contribution in [0.2, 0.25) is 5.02 Å². The standard InChI is InChI=1S/C58H58BClN2O/c1-33-27-37(42-18-16-19-44-43-17-14-15-20-50(43)63-55(42)44)28-34(2)52(33)62-48-31-40(60)23-26-46(48)59-47-30-39(57(8,9)10)29-35(3)53(47)61(41-24-21-38(22-25-41)56(5,6)7)54-36(4)45(58(11,12)13)32-49(62)51(54)59/h14-32H,1-13H3. The van der Waals surface area contributed by atoms with Crippen LogP contribution in [0.25, 0.3) is 33.1 Å². The molecule has 1 aromatic heterocycles. The molecule has 2 aliphatic heterocycles. The van der Waals surface area contributed by atoms with Crippen molar-refractivity contribution in [3.63, 3.8) is 0 Å². The predicted molar refractivity (Wildman–Crippen MR) is 273 cm³/mol. The number of benzene rings is 7. The zero-order valence-electron chi connectivity index (χ0n) is 39.2. The van der Waals surface area contributed by atoms with Gasteiger partial charge in [0.25, 0.3) is 6.71 Å². The molecule has 8 aromatic rings. The molecule has 0 fully saturated rings. The predicted octanol–water partition coefficient (Wildman–Crippen LogP) is 15.1. The van der Waals surface area contributed by atoms with Crippen molar-refractivity contribution in [3.8, 4) is 11.1 Å². The molecule has 0 bridgehead atoms. The fraction of sp³-hybridized carbons (Fsp3) is 0.276. The monoisotopic (exact) mass is 844 g/mol. The third-order valence-electron chi connectivity index (χ3n) is 13.8. The molecule has 316 valence electrons. The maximum absolute atomic E-state index is 7.11. The number of nitrogens with zero attached hydrogens (tertiary/aromatic N) is 2. The van der Waals surface area contributed by atoms with Gasteiger partial charge in [-0.1, -0.05) is 141 Å². The van der Waals surface area contributed by atoms with Crippen LogP contribution in [0.4, 0.5) is 34.1 Å². The van der Waals surface area contributed by atoms with Crippen molar-refractivity contribution in [1.29, 1.82) is 0 Å². The van der Waals surface area contributed by atoms with Crippen molar-refractivity contribution in [3.05, 3.63) is 159 Å². The Morgan fingerprint density at radius 2 is 1.17 bits per heavy atom. The van der Waals surface area contributed by atoms with Gasteiger partial charge < -0.3 is 14.2 Å². The molecule has 3 heterocycles. The number of hydrogen-bond acceptors (Lipinski definition) is 3. The van der Waals surface area contributed by atoms with Crippen molar-refractivity contribution in [2.45, 2.75) is 106 Å². The van der Waals surface area contributed by atoms with E-state index in [1.807, 2.05) is 6.07 Å². The number of rotatable bonds is 3. The lowest BCUT2D eigenvalue weighted by atomic mass is 9.33. The minimum absolute atomic E-state index is 0.0158. The fourth-order valence-corrected chi connectivity index (χ4v) is 11.0. The summed E-state index contributed by atoms with van der Waals surface area (Å²) in [6, 6.07) is 43.0. The van der Waals surface area contributed by atoms with E-state index in [2.05, 4.69) is 209 Å². The van der Waals surface area contributed by atoms with Crippen LogP contribution in [0.15, 0.2) is 120 Å². The van der Waals surface area contributed by atoms with E-state index in [1.54, 1.807) is 0 Å². The smallest absolute Gasteiger partial charge is 0.252 e. The van der Waals surface area contributed by atoms with Gasteiger partial charge in [-0.2, -0.15) is 0 Å². The van der Waals surface area contributed by atoms with Gasteiger partial charge in [0, 0.05) is 49.8 Å². The number of para-hydroxylation sites is 2. The van der Waals surface area contributed by atoms with E-state index in [1.165, 1.54) is 83.8 Å². The van der Waals surface area contributed by atoms with Gasteiger partial charge >= 0.3 is 0 Å². The molecule has 2 aliphatic rings. The van der Waals surface area contributed by atoms with Crippen LogP contribution >= 0.6 is 11.6 Å². The lowest BCUT2D eigenvalue weighted by Gasteiger charge is -2.47. The maximum Gasteiger partial charge on any atom is 0.252 e. The van der Waals surface area contributed by atoms with Crippen molar-refractivity contribution in [2.75, 3.05) is 9.80 Å². The van der Waals surface area contributed by atoms with Gasteiger partial charge in [-0.3, -0.25) is 0 Å². The van der Waals surface area contributed by atoms with Gasteiger partial charge in [0.1, 0.15) is 11.2 Å². The second-order valence-corrected chi connectivity index (χ2v) is 21.8. The van der Waals surface area contributed by atoms with Gasteiger partial charge in [0.15, 0.2) is 0 Å². The van der Waals surface area contributed by atoms with Crippen molar-refractivity contribution < 1.29 is 4.42 Å². The van der Waals surface area contributed by atoms with Crippen LogP contribution in [0.5, 0.6) is 0 Å². The zero-order valence-corrected chi connectivity index (χ0v) is 40.0. The first kappa shape index (κ1) is 41.3. The summed E-state index contributed by atoms with van der Waals surface area (Å²) in [5.41, 5.74) is 24.1. The Hall–Kier alpha value is -5.71. The van der Waals surface area contributed by atoms with Crippen molar-refractivity contribution in [2.24, 2.45) is 0 Å². The van der Waals surface area contributed by atoms with E-state index in [9.17, 15) is 0 Å². The molecular formula is C58H58BClN2O. The number of hydrogen-bond donors (Lipinski definition) is 0. The quantitative estimate of drug-likeness (QED) is 0.165. The average molecular weight is 845 g/mol. The van der Waals surface area contributed by atoms with E-state index < -0.39 is 0 Å². The molecule has 0 amide bonds. The summed E-state index contributed by atoms with van der Waals surface area (Å²) in [6.07, 6.45) is 0. The summed E-state index contributed by atoms with van der Waals surface area (Å²) < 4.78 is 6.58. The number of halogens is 1. The van der Waals surface area contributed by atoms with Gasteiger partial charge in [-0.25, -0.2) is 0 Å². The summed E-state index contributed by atoms with van der Waals surface area (Å²) in [5, 5.41) is 3.00. The van der Waals surface area contributed by atoms with Crippen LogP contribution in [-0.2, 0) is 16.2 Å². The Bertz CT molecular complexity index is 3170. The van der Waals surface area contributed by atoms with Gasteiger partial charge in [-0.05, 0) is 153 Å². The topological polar surface area (TPSA) is 19.6 Å². The molecule has 3 nitrogen and oxygen atoms in total. The highest BCUT2D eigenvalue weighted by molar-refractivity contribution is 7.00. The molecule has 10 rings (SSSR count). The molecule has 0 radical (unpaired) electrons. The Morgan fingerprint density at radius 3 is 1.84 bits per heavy atom. The van der Waals surface area contributed by atoms with E-state index >= 15 is 0 Å².